The first-order valence-electron chi connectivity index (χ1n) is 3.98. The first-order chi connectivity index (χ1) is 4.97. The molecule has 1 aliphatic heterocycles. The summed E-state index contributed by atoms with van der Waals surface area (Å²) in [5.74, 6) is 0. The smallest absolute Gasteiger partial charge is 0.0976 e. The van der Waals surface area contributed by atoms with Gasteiger partial charge < -0.3 is 4.74 Å². The molecule has 2 heteroatoms. The summed E-state index contributed by atoms with van der Waals surface area (Å²) in [4.78, 5) is 0. The average molecular weight is 139 g/mol. The maximum atomic E-state index is 5.50. The van der Waals surface area contributed by atoms with Crippen LogP contribution in [-0.2, 0) is 4.74 Å². The lowest BCUT2D eigenvalue weighted by Gasteiger charge is -2.29. The van der Waals surface area contributed by atoms with Crippen molar-refractivity contribution in [1.82, 2.24) is 5.32 Å². The van der Waals surface area contributed by atoms with E-state index in [1.54, 1.807) is 0 Å². The molecule has 0 aromatic carbocycles. The molecule has 0 bridgehead atoms. The van der Waals surface area contributed by atoms with Crippen LogP contribution in [-0.4, -0.2) is 19.4 Å². The molecule has 1 unspecified atom stereocenters. The Morgan fingerprint density at radius 1 is 1.60 bits per heavy atom. The molecule has 2 nitrogen and oxygen atoms in total. The SMILES string of the molecule is C1=C2CNCOC2CCC1. The van der Waals surface area contributed by atoms with Gasteiger partial charge >= 0.3 is 0 Å². The second-order valence-corrected chi connectivity index (χ2v) is 2.94. The zero-order valence-corrected chi connectivity index (χ0v) is 6.10. The van der Waals surface area contributed by atoms with Gasteiger partial charge in [0.25, 0.3) is 0 Å². The van der Waals surface area contributed by atoms with Gasteiger partial charge in [-0.3, -0.25) is 5.32 Å². The first kappa shape index (κ1) is 6.38. The Hall–Kier alpha value is -0.340. The molecule has 0 aromatic rings. The molecular weight excluding hydrogens is 126 g/mol. The number of rotatable bonds is 0. The molecule has 2 rings (SSSR count). The Labute approximate surface area is 61.3 Å². The average Bonchev–Trinajstić information content (AvgIpc) is 2.05. The number of allylic oxidation sites excluding steroid dienone is 1. The van der Waals surface area contributed by atoms with Gasteiger partial charge in [0.05, 0.1) is 12.8 Å². The fourth-order valence-electron chi connectivity index (χ4n) is 1.64. The third-order valence-electron chi connectivity index (χ3n) is 2.21. The van der Waals surface area contributed by atoms with Gasteiger partial charge in [-0.15, -0.1) is 0 Å². The minimum Gasteiger partial charge on any atom is -0.359 e. The molecule has 0 radical (unpaired) electrons. The summed E-state index contributed by atoms with van der Waals surface area (Å²) in [5.41, 5.74) is 1.47. The normalized spacial score (nSPS) is 32.8. The fourth-order valence-corrected chi connectivity index (χ4v) is 1.64. The molecule has 1 atom stereocenters. The zero-order chi connectivity index (χ0) is 6.81. The van der Waals surface area contributed by atoms with Crippen LogP contribution in [0, 0.1) is 0 Å². The Morgan fingerprint density at radius 2 is 2.60 bits per heavy atom. The third kappa shape index (κ3) is 1.09. The third-order valence-corrected chi connectivity index (χ3v) is 2.21. The van der Waals surface area contributed by atoms with Crippen molar-refractivity contribution in [1.29, 1.82) is 0 Å². The summed E-state index contributed by atoms with van der Waals surface area (Å²) in [5, 5.41) is 3.19. The van der Waals surface area contributed by atoms with Crippen LogP contribution >= 0.6 is 0 Å². The summed E-state index contributed by atoms with van der Waals surface area (Å²) < 4.78 is 5.50. The molecule has 0 saturated carbocycles. The van der Waals surface area contributed by atoms with E-state index in [2.05, 4.69) is 11.4 Å². The Morgan fingerprint density at radius 3 is 3.50 bits per heavy atom. The standard InChI is InChI=1S/C8H13NO/c1-2-4-8-7(3-1)5-9-6-10-8/h3,8-9H,1-2,4-6H2. The molecule has 1 N–H and O–H groups in total. The van der Waals surface area contributed by atoms with Crippen LogP contribution in [0.3, 0.4) is 0 Å². The Balaban J connectivity index is 2.08. The number of hydrogen-bond donors (Lipinski definition) is 1. The molecule has 10 heavy (non-hydrogen) atoms. The van der Waals surface area contributed by atoms with Gasteiger partial charge in [-0.1, -0.05) is 6.08 Å². The van der Waals surface area contributed by atoms with Crippen LogP contribution < -0.4 is 5.32 Å². The monoisotopic (exact) mass is 139 g/mol. The van der Waals surface area contributed by atoms with E-state index >= 15 is 0 Å². The van der Waals surface area contributed by atoms with Crippen LogP contribution in [0.25, 0.3) is 0 Å². The maximum Gasteiger partial charge on any atom is 0.0976 e. The summed E-state index contributed by atoms with van der Waals surface area (Å²) >= 11 is 0. The van der Waals surface area contributed by atoms with E-state index in [1.165, 1.54) is 24.8 Å². The van der Waals surface area contributed by atoms with Gasteiger partial charge in [0.15, 0.2) is 0 Å². The highest BCUT2D eigenvalue weighted by Gasteiger charge is 2.20. The van der Waals surface area contributed by atoms with Crippen molar-refractivity contribution in [3.05, 3.63) is 11.6 Å². The lowest BCUT2D eigenvalue weighted by atomic mass is 9.96. The topological polar surface area (TPSA) is 21.3 Å². The molecular formula is C8H13NO. The van der Waals surface area contributed by atoms with E-state index < -0.39 is 0 Å². The van der Waals surface area contributed by atoms with E-state index in [4.69, 9.17) is 4.74 Å². The molecule has 1 saturated heterocycles. The van der Waals surface area contributed by atoms with Crippen LogP contribution in [0.2, 0.25) is 0 Å². The predicted molar refractivity (Wildman–Crippen MR) is 39.7 cm³/mol. The molecule has 56 valence electrons. The second-order valence-electron chi connectivity index (χ2n) is 2.94. The van der Waals surface area contributed by atoms with Crippen molar-refractivity contribution in [3.63, 3.8) is 0 Å². The largest absolute Gasteiger partial charge is 0.359 e. The minimum atomic E-state index is 0.454. The van der Waals surface area contributed by atoms with Crippen molar-refractivity contribution < 1.29 is 4.74 Å². The van der Waals surface area contributed by atoms with Crippen LogP contribution in [0.5, 0.6) is 0 Å². The lowest BCUT2D eigenvalue weighted by Crippen LogP contribution is -2.37. The van der Waals surface area contributed by atoms with Gasteiger partial charge in [0.1, 0.15) is 0 Å². The summed E-state index contributed by atoms with van der Waals surface area (Å²) in [6.07, 6.45) is 6.55. The van der Waals surface area contributed by atoms with E-state index in [9.17, 15) is 0 Å². The first-order valence-corrected chi connectivity index (χ1v) is 3.98. The summed E-state index contributed by atoms with van der Waals surface area (Å²) in [6.45, 7) is 1.78. The number of ether oxygens (including phenoxy) is 1. The van der Waals surface area contributed by atoms with Gasteiger partial charge in [-0.05, 0) is 24.8 Å². The quantitative estimate of drug-likeness (QED) is 0.506. The van der Waals surface area contributed by atoms with Crippen molar-refractivity contribution in [2.45, 2.75) is 25.4 Å². The van der Waals surface area contributed by atoms with Crippen LogP contribution in [0.4, 0.5) is 0 Å². The van der Waals surface area contributed by atoms with E-state index in [0.717, 1.165) is 13.3 Å². The highest BCUT2D eigenvalue weighted by atomic mass is 16.5. The number of nitrogens with one attached hydrogen (secondary N) is 1. The molecule has 0 amide bonds. The summed E-state index contributed by atoms with van der Waals surface area (Å²) in [7, 11) is 0. The molecule has 1 aliphatic carbocycles. The Bertz CT molecular complexity index is 153. The lowest BCUT2D eigenvalue weighted by molar-refractivity contribution is 0.0328. The van der Waals surface area contributed by atoms with Gasteiger partial charge in [-0.2, -0.15) is 0 Å². The van der Waals surface area contributed by atoms with E-state index in [-0.39, 0.29) is 0 Å². The second kappa shape index (κ2) is 2.72. The van der Waals surface area contributed by atoms with Crippen molar-refractivity contribution in [2.75, 3.05) is 13.3 Å². The number of hydrogen-bond acceptors (Lipinski definition) is 2. The zero-order valence-electron chi connectivity index (χ0n) is 6.10. The highest BCUT2D eigenvalue weighted by molar-refractivity contribution is 5.14. The van der Waals surface area contributed by atoms with E-state index in [1.807, 2.05) is 0 Å². The van der Waals surface area contributed by atoms with E-state index in [0.29, 0.717) is 6.10 Å². The van der Waals surface area contributed by atoms with Gasteiger partial charge in [0.2, 0.25) is 0 Å². The molecule has 1 fully saturated rings. The fraction of sp³-hybridized carbons (Fsp3) is 0.750. The van der Waals surface area contributed by atoms with Crippen LogP contribution in [0.1, 0.15) is 19.3 Å². The molecule has 2 aliphatic rings. The predicted octanol–water partition coefficient (Wildman–Crippen LogP) is 1.04. The van der Waals surface area contributed by atoms with Crippen LogP contribution in [0.15, 0.2) is 11.6 Å². The van der Waals surface area contributed by atoms with Crippen molar-refractivity contribution in [3.8, 4) is 0 Å². The molecule has 1 heterocycles. The Kier molecular flexibility index (Phi) is 1.74. The summed E-state index contributed by atoms with van der Waals surface area (Å²) in [6, 6.07) is 0. The minimum absolute atomic E-state index is 0.454. The van der Waals surface area contributed by atoms with Gasteiger partial charge in [0, 0.05) is 6.54 Å². The molecule has 0 aromatic heterocycles. The maximum absolute atomic E-state index is 5.50. The molecule has 0 spiro atoms. The van der Waals surface area contributed by atoms with Gasteiger partial charge in [-0.25, -0.2) is 0 Å². The van der Waals surface area contributed by atoms with Crippen molar-refractivity contribution >= 4 is 0 Å². The highest BCUT2D eigenvalue weighted by Crippen LogP contribution is 2.22. The number of fused-ring (bicyclic) bond motifs is 1. The van der Waals surface area contributed by atoms with Crippen molar-refractivity contribution in [2.24, 2.45) is 0 Å².